The number of anilines is 3. The molecule has 6 aromatic rings. The molecule has 6 rings (SSSR count). The summed E-state index contributed by atoms with van der Waals surface area (Å²) >= 11 is 2.21. The molecule has 0 fully saturated rings. The van der Waals surface area contributed by atoms with E-state index in [-0.39, 0.29) is 27.7 Å². The Hall–Kier alpha value is -6.96. The monoisotopic (exact) mass is 838 g/mol. The van der Waals surface area contributed by atoms with Crippen LogP contribution in [0.3, 0.4) is 0 Å². The molecule has 304 valence electrons. The maximum Gasteiger partial charge on any atom is 0.341 e. The van der Waals surface area contributed by atoms with E-state index in [0.29, 0.717) is 50.9 Å². The second-order valence-electron chi connectivity index (χ2n) is 13.0. The maximum absolute atomic E-state index is 14.3. The standard InChI is InChI=1S/C47H42N4O7S2/c1-4-57-38-27-16-15-22-33(38)28-37(50-42(52)32-20-11-7-12-21-32)43(53)49-35-25-17-26-36(29-35)59-41(31-18-9-6-10-19-31)45(55)51-46-39(47(56)58-5-2)30(3)40(60-46)44(54)48-34-23-13-8-14-24-34/h6-29,41H,4-5H2,1-3H3,(H,48,54)(H,49,53)(H,50,52)(H,51,55)/b37-28+. The SMILES string of the molecule is CCOC(=O)c1c(NC(=O)C(Sc2cccc(NC(=O)/C(=C\c3ccccc3OCC)NC(=O)c3ccccc3)c2)c2ccccc2)sc(C(=O)Nc2ccccc2)c1C. The Morgan fingerprint density at radius 1 is 0.700 bits per heavy atom. The summed E-state index contributed by atoms with van der Waals surface area (Å²) in [7, 11) is 0. The zero-order valence-electron chi connectivity index (χ0n) is 33.0. The molecule has 11 nitrogen and oxygen atoms in total. The summed E-state index contributed by atoms with van der Waals surface area (Å²) in [6.07, 6.45) is 1.56. The van der Waals surface area contributed by atoms with E-state index < -0.39 is 34.8 Å². The van der Waals surface area contributed by atoms with Crippen LogP contribution in [-0.4, -0.2) is 42.8 Å². The molecule has 1 atom stereocenters. The largest absolute Gasteiger partial charge is 0.493 e. The van der Waals surface area contributed by atoms with Crippen molar-refractivity contribution in [2.24, 2.45) is 0 Å². The minimum Gasteiger partial charge on any atom is -0.493 e. The van der Waals surface area contributed by atoms with Gasteiger partial charge in [0.1, 0.15) is 21.7 Å². The number of carbonyl (C=O) groups excluding carboxylic acids is 5. The van der Waals surface area contributed by atoms with Gasteiger partial charge in [-0.05, 0) is 86.5 Å². The molecule has 0 bridgehead atoms. The molecule has 60 heavy (non-hydrogen) atoms. The van der Waals surface area contributed by atoms with Crippen LogP contribution in [0.15, 0.2) is 150 Å². The quantitative estimate of drug-likeness (QED) is 0.0427. The topological polar surface area (TPSA) is 152 Å². The van der Waals surface area contributed by atoms with Gasteiger partial charge in [0.25, 0.3) is 17.7 Å². The fourth-order valence-corrected chi connectivity index (χ4v) is 8.20. The number of ether oxygens (including phenoxy) is 2. The van der Waals surface area contributed by atoms with E-state index >= 15 is 0 Å². The fraction of sp³-hybridized carbons (Fsp3) is 0.128. The molecule has 1 heterocycles. The number of rotatable bonds is 16. The first-order valence-electron chi connectivity index (χ1n) is 19.1. The second kappa shape index (κ2) is 20.6. The van der Waals surface area contributed by atoms with Crippen LogP contribution in [0, 0.1) is 6.92 Å². The van der Waals surface area contributed by atoms with Gasteiger partial charge in [-0.2, -0.15) is 0 Å². The number of benzene rings is 5. The number of hydrogen-bond acceptors (Lipinski definition) is 9. The van der Waals surface area contributed by atoms with E-state index in [0.717, 1.165) is 11.3 Å². The van der Waals surface area contributed by atoms with Crippen molar-refractivity contribution >= 4 is 75.1 Å². The third kappa shape index (κ3) is 10.9. The predicted octanol–water partition coefficient (Wildman–Crippen LogP) is 9.77. The van der Waals surface area contributed by atoms with E-state index in [4.69, 9.17) is 9.47 Å². The highest BCUT2D eigenvalue weighted by Gasteiger charge is 2.30. The van der Waals surface area contributed by atoms with Crippen LogP contribution < -0.4 is 26.0 Å². The minimum absolute atomic E-state index is 0.0175. The van der Waals surface area contributed by atoms with Gasteiger partial charge in [0.15, 0.2) is 0 Å². The highest BCUT2D eigenvalue weighted by Crippen LogP contribution is 2.40. The third-order valence-electron chi connectivity index (χ3n) is 8.83. The summed E-state index contributed by atoms with van der Waals surface area (Å²) < 4.78 is 11.1. The molecule has 13 heteroatoms. The molecule has 0 spiro atoms. The lowest BCUT2D eigenvalue weighted by Crippen LogP contribution is -2.30. The van der Waals surface area contributed by atoms with Crippen LogP contribution in [0.2, 0.25) is 0 Å². The van der Waals surface area contributed by atoms with Crippen LogP contribution >= 0.6 is 23.1 Å². The van der Waals surface area contributed by atoms with Gasteiger partial charge in [0, 0.05) is 27.4 Å². The Balaban J connectivity index is 1.27. The van der Waals surface area contributed by atoms with Crippen molar-refractivity contribution in [3.63, 3.8) is 0 Å². The summed E-state index contributed by atoms with van der Waals surface area (Å²) in [6.45, 7) is 5.68. The van der Waals surface area contributed by atoms with Crippen molar-refractivity contribution in [2.75, 3.05) is 29.2 Å². The molecule has 4 amide bonds. The van der Waals surface area contributed by atoms with E-state index in [1.807, 2.05) is 55.5 Å². The van der Waals surface area contributed by atoms with Crippen LogP contribution in [0.25, 0.3) is 6.08 Å². The van der Waals surface area contributed by atoms with Crippen molar-refractivity contribution in [1.29, 1.82) is 0 Å². The van der Waals surface area contributed by atoms with E-state index in [2.05, 4.69) is 21.3 Å². The number of thioether (sulfide) groups is 1. The third-order valence-corrected chi connectivity index (χ3v) is 11.3. The number of para-hydroxylation sites is 2. The normalized spacial score (nSPS) is 11.5. The molecule has 5 aromatic carbocycles. The molecule has 0 aliphatic rings. The predicted molar refractivity (Wildman–Crippen MR) is 238 cm³/mol. The van der Waals surface area contributed by atoms with Gasteiger partial charge in [-0.15, -0.1) is 23.1 Å². The summed E-state index contributed by atoms with van der Waals surface area (Å²) in [4.78, 5) is 69.2. The van der Waals surface area contributed by atoms with Crippen molar-refractivity contribution < 1.29 is 33.4 Å². The summed E-state index contributed by atoms with van der Waals surface area (Å²) in [5.41, 5.74) is 3.08. The summed E-state index contributed by atoms with van der Waals surface area (Å²) in [5.74, 6) is -2.06. The molecule has 0 radical (unpaired) electrons. The molecular weight excluding hydrogens is 797 g/mol. The number of amides is 4. The highest BCUT2D eigenvalue weighted by molar-refractivity contribution is 8.00. The number of thiophene rings is 1. The number of carbonyl (C=O) groups is 5. The van der Waals surface area contributed by atoms with Crippen LogP contribution in [0.5, 0.6) is 5.75 Å². The van der Waals surface area contributed by atoms with Gasteiger partial charge in [0.2, 0.25) is 5.91 Å². The minimum atomic E-state index is -0.841. The van der Waals surface area contributed by atoms with Crippen molar-refractivity contribution in [3.8, 4) is 5.75 Å². The molecule has 4 N–H and O–H groups in total. The van der Waals surface area contributed by atoms with Gasteiger partial charge >= 0.3 is 5.97 Å². The van der Waals surface area contributed by atoms with Crippen LogP contribution in [-0.2, 0) is 14.3 Å². The summed E-state index contributed by atoms with van der Waals surface area (Å²) in [6, 6.07) is 40.8. The lowest BCUT2D eigenvalue weighted by atomic mass is 10.1. The van der Waals surface area contributed by atoms with Gasteiger partial charge < -0.3 is 30.7 Å². The Kier molecular flexibility index (Phi) is 14.7. The smallest absolute Gasteiger partial charge is 0.341 e. The van der Waals surface area contributed by atoms with Gasteiger partial charge in [0.05, 0.1) is 23.7 Å². The first-order valence-corrected chi connectivity index (χ1v) is 20.8. The molecule has 1 unspecified atom stereocenters. The maximum atomic E-state index is 14.3. The molecule has 0 saturated heterocycles. The van der Waals surface area contributed by atoms with Crippen molar-refractivity contribution in [2.45, 2.75) is 30.9 Å². The van der Waals surface area contributed by atoms with E-state index in [1.54, 1.807) is 111 Å². The Labute approximate surface area is 356 Å². The van der Waals surface area contributed by atoms with Crippen molar-refractivity contribution in [3.05, 3.63) is 178 Å². The first kappa shape index (κ1) is 42.6. The average molecular weight is 839 g/mol. The van der Waals surface area contributed by atoms with E-state index in [9.17, 15) is 24.0 Å². The molecule has 1 aromatic heterocycles. The fourth-order valence-electron chi connectivity index (χ4n) is 6.02. The Bertz CT molecular complexity index is 2510. The lowest BCUT2D eigenvalue weighted by Gasteiger charge is -2.18. The van der Waals surface area contributed by atoms with Gasteiger partial charge in [-0.3, -0.25) is 19.2 Å². The van der Waals surface area contributed by atoms with Crippen molar-refractivity contribution in [1.82, 2.24) is 5.32 Å². The second-order valence-corrected chi connectivity index (χ2v) is 15.2. The first-order chi connectivity index (χ1) is 29.1. The van der Waals surface area contributed by atoms with Gasteiger partial charge in [-0.25, -0.2) is 4.79 Å². The zero-order chi connectivity index (χ0) is 42.4. The molecule has 0 aliphatic heterocycles. The number of hydrogen-bond donors (Lipinski definition) is 4. The van der Waals surface area contributed by atoms with Gasteiger partial charge in [-0.1, -0.05) is 91.0 Å². The number of nitrogens with one attached hydrogen (secondary N) is 4. The number of esters is 1. The summed E-state index contributed by atoms with van der Waals surface area (Å²) in [5, 5.41) is 10.8. The average Bonchev–Trinajstić information content (AvgIpc) is 3.59. The zero-order valence-corrected chi connectivity index (χ0v) is 34.7. The molecule has 0 aliphatic carbocycles. The Morgan fingerprint density at radius 3 is 2.05 bits per heavy atom. The Morgan fingerprint density at radius 2 is 1.35 bits per heavy atom. The lowest BCUT2D eigenvalue weighted by molar-refractivity contribution is -0.116. The van der Waals surface area contributed by atoms with E-state index in [1.165, 1.54) is 11.8 Å². The highest BCUT2D eigenvalue weighted by atomic mass is 32.2. The van der Waals surface area contributed by atoms with Crippen LogP contribution in [0.4, 0.5) is 16.4 Å². The molecular formula is C47H42N4O7S2. The van der Waals surface area contributed by atoms with Crippen LogP contribution in [0.1, 0.15) is 66.2 Å². The molecule has 0 saturated carbocycles.